The summed E-state index contributed by atoms with van der Waals surface area (Å²) in [5.74, 6) is -0.485. The second-order valence-electron chi connectivity index (χ2n) is 7.32. The number of aromatic nitrogens is 3. The number of aryl methyl sites for hydroxylation is 1. The van der Waals surface area contributed by atoms with Gasteiger partial charge in [-0.1, -0.05) is 37.4 Å². The molecule has 0 spiro atoms. The number of benzene rings is 2. The first-order valence-electron chi connectivity index (χ1n) is 9.76. The van der Waals surface area contributed by atoms with Crippen LogP contribution in [0, 0.1) is 13.8 Å². The Morgan fingerprint density at radius 2 is 1.90 bits per heavy atom. The van der Waals surface area contributed by atoms with Crippen molar-refractivity contribution in [1.29, 1.82) is 0 Å². The lowest BCUT2D eigenvalue weighted by atomic mass is 9.93. The van der Waals surface area contributed by atoms with Crippen LogP contribution < -0.4 is 11.3 Å². The Morgan fingerprint density at radius 3 is 2.58 bits per heavy atom. The Bertz CT molecular complexity index is 1440. The van der Waals surface area contributed by atoms with Crippen molar-refractivity contribution in [3.63, 3.8) is 0 Å². The summed E-state index contributed by atoms with van der Waals surface area (Å²) >= 11 is 0. The standard InChI is InChI=1S/C25H22N4O2/c1-5-16-20(6-2)28-13-29(25(16)31)21-9-7-8-17(15(21)4)18-10-11-19(24(26)30)23-22(18)14(3)12-27-23/h5-13,27H,1-2H2,3-4H3,(H2,26,30). The third kappa shape index (κ3) is 3.09. The Hall–Kier alpha value is -4.19. The molecule has 0 aliphatic carbocycles. The zero-order valence-corrected chi connectivity index (χ0v) is 17.4. The molecule has 154 valence electrons. The molecule has 0 atom stereocenters. The minimum atomic E-state index is -0.485. The van der Waals surface area contributed by atoms with Crippen LogP contribution in [0.2, 0.25) is 0 Å². The van der Waals surface area contributed by atoms with E-state index in [4.69, 9.17) is 5.73 Å². The molecular weight excluding hydrogens is 388 g/mol. The summed E-state index contributed by atoms with van der Waals surface area (Å²) in [5, 5.41) is 0.927. The van der Waals surface area contributed by atoms with Gasteiger partial charge >= 0.3 is 0 Å². The molecule has 2 heterocycles. The molecule has 4 aromatic rings. The first-order chi connectivity index (χ1) is 14.9. The van der Waals surface area contributed by atoms with Gasteiger partial charge in [-0.3, -0.25) is 14.2 Å². The van der Waals surface area contributed by atoms with Gasteiger partial charge in [0.1, 0.15) is 6.33 Å². The summed E-state index contributed by atoms with van der Waals surface area (Å²) in [6, 6.07) is 9.39. The van der Waals surface area contributed by atoms with Crippen LogP contribution in [0.25, 0.3) is 39.9 Å². The van der Waals surface area contributed by atoms with Crippen LogP contribution in [0.5, 0.6) is 0 Å². The molecule has 4 rings (SSSR count). The minimum absolute atomic E-state index is 0.216. The first kappa shape index (κ1) is 20.1. The van der Waals surface area contributed by atoms with Crippen molar-refractivity contribution in [2.75, 3.05) is 0 Å². The highest BCUT2D eigenvalue weighted by Crippen LogP contribution is 2.36. The van der Waals surface area contributed by atoms with E-state index in [2.05, 4.69) is 23.1 Å². The molecule has 1 amide bonds. The van der Waals surface area contributed by atoms with Crippen LogP contribution >= 0.6 is 0 Å². The number of nitrogens with zero attached hydrogens (tertiary/aromatic N) is 2. The van der Waals surface area contributed by atoms with Crippen molar-refractivity contribution in [2.24, 2.45) is 5.73 Å². The molecule has 6 heteroatoms. The third-order valence-electron chi connectivity index (χ3n) is 5.59. The number of rotatable bonds is 5. The van der Waals surface area contributed by atoms with Gasteiger partial charge in [0.05, 0.1) is 28.0 Å². The van der Waals surface area contributed by atoms with E-state index in [1.54, 1.807) is 6.07 Å². The van der Waals surface area contributed by atoms with Gasteiger partial charge in [0.2, 0.25) is 0 Å². The summed E-state index contributed by atoms with van der Waals surface area (Å²) in [5.41, 5.74) is 11.9. The summed E-state index contributed by atoms with van der Waals surface area (Å²) < 4.78 is 1.52. The normalized spacial score (nSPS) is 10.9. The topological polar surface area (TPSA) is 93.8 Å². The number of aromatic amines is 1. The van der Waals surface area contributed by atoms with E-state index in [1.807, 2.05) is 44.3 Å². The quantitative estimate of drug-likeness (QED) is 0.511. The van der Waals surface area contributed by atoms with Crippen molar-refractivity contribution in [3.05, 3.63) is 94.3 Å². The van der Waals surface area contributed by atoms with Crippen molar-refractivity contribution in [1.82, 2.24) is 14.5 Å². The van der Waals surface area contributed by atoms with Crippen molar-refractivity contribution >= 4 is 29.0 Å². The van der Waals surface area contributed by atoms with Gasteiger partial charge in [-0.05, 0) is 54.3 Å². The van der Waals surface area contributed by atoms with Crippen LogP contribution in [0.1, 0.15) is 32.7 Å². The van der Waals surface area contributed by atoms with Gasteiger partial charge in [0.25, 0.3) is 11.5 Å². The van der Waals surface area contributed by atoms with Gasteiger partial charge < -0.3 is 10.7 Å². The monoisotopic (exact) mass is 410 g/mol. The number of amides is 1. The molecule has 0 saturated heterocycles. The molecule has 0 fully saturated rings. The fourth-order valence-corrected chi connectivity index (χ4v) is 4.03. The number of hydrogen-bond donors (Lipinski definition) is 2. The third-order valence-corrected chi connectivity index (χ3v) is 5.59. The van der Waals surface area contributed by atoms with Gasteiger partial charge in [0.15, 0.2) is 0 Å². The average Bonchev–Trinajstić information content (AvgIpc) is 3.15. The van der Waals surface area contributed by atoms with E-state index >= 15 is 0 Å². The fraction of sp³-hybridized carbons (Fsp3) is 0.0800. The molecule has 0 aliphatic rings. The zero-order chi connectivity index (χ0) is 22.3. The molecule has 0 bridgehead atoms. The molecule has 3 N–H and O–H groups in total. The maximum absolute atomic E-state index is 13.1. The highest BCUT2D eigenvalue weighted by atomic mass is 16.1. The zero-order valence-electron chi connectivity index (χ0n) is 17.4. The Morgan fingerprint density at radius 1 is 1.13 bits per heavy atom. The summed E-state index contributed by atoms with van der Waals surface area (Å²) in [7, 11) is 0. The van der Waals surface area contributed by atoms with E-state index < -0.39 is 5.91 Å². The average molecular weight is 410 g/mol. The molecule has 0 unspecified atom stereocenters. The Balaban J connectivity index is 2.00. The lowest BCUT2D eigenvalue weighted by Crippen LogP contribution is -2.23. The number of H-pyrrole nitrogens is 1. The number of nitrogens with one attached hydrogen (secondary N) is 1. The fourth-order valence-electron chi connectivity index (χ4n) is 4.03. The van der Waals surface area contributed by atoms with E-state index in [9.17, 15) is 9.59 Å². The summed E-state index contributed by atoms with van der Waals surface area (Å²) in [6.45, 7) is 11.4. The minimum Gasteiger partial charge on any atom is -0.366 e. The van der Waals surface area contributed by atoms with E-state index in [0.29, 0.717) is 28.0 Å². The van der Waals surface area contributed by atoms with Gasteiger partial charge in [-0.15, -0.1) is 0 Å². The van der Waals surface area contributed by atoms with Crippen LogP contribution in [-0.4, -0.2) is 20.4 Å². The lowest BCUT2D eigenvalue weighted by Gasteiger charge is -2.16. The van der Waals surface area contributed by atoms with Crippen molar-refractivity contribution < 1.29 is 4.79 Å². The smallest absolute Gasteiger partial charge is 0.265 e. The number of nitrogens with two attached hydrogens (primary N) is 1. The molecule has 0 radical (unpaired) electrons. The van der Waals surface area contributed by atoms with E-state index in [-0.39, 0.29) is 5.56 Å². The van der Waals surface area contributed by atoms with E-state index in [1.165, 1.54) is 23.0 Å². The second kappa shape index (κ2) is 7.57. The Labute approximate surface area is 179 Å². The number of primary amides is 1. The molecule has 31 heavy (non-hydrogen) atoms. The van der Waals surface area contributed by atoms with Gasteiger partial charge in [-0.2, -0.15) is 0 Å². The Kier molecular flexibility index (Phi) is 4.91. The number of carbonyl (C=O) groups is 1. The van der Waals surface area contributed by atoms with Crippen molar-refractivity contribution in [3.8, 4) is 16.8 Å². The SMILES string of the molecule is C=Cc1ncn(-c2cccc(-c3ccc(C(N)=O)c4[nH]cc(C)c34)c2C)c(=O)c1C=C. The summed E-state index contributed by atoms with van der Waals surface area (Å²) in [4.78, 5) is 32.5. The number of carbonyl (C=O) groups excluding carboxylic acids is 1. The lowest BCUT2D eigenvalue weighted by molar-refractivity contribution is 0.100. The van der Waals surface area contributed by atoms with Crippen molar-refractivity contribution in [2.45, 2.75) is 13.8 Å². The van der Waals surface area contributed by atoms with Gasteiger partial charge in [-0.25, -0.2) is 4.98 Å². The summed E-state index contributed by atoms with van der Waals surface area (Å²) in [6.07, 6.45) is 6.40. The maximum atomic E-state index is 13.1. The molecule has 6 nitrogen and oxygen atoms in total. The molecular formula is C25H22N4O2. The van der Waals surface area contributed by atoms with E-state index in [0.717, 1.165) is 27.6 Å². The molecule has 0 saturated carbocycles. The highest BCUT2D eigenvalue weighted by Gasteiger charge is 2.18. The maximum Gasteiger partial charge on any atom is 0.265 e. The molecule has 2 aromatic carbocycles. The first-order valence-corrected chi connectivity index (χ1v) is 9.76. The predicted octanol–water partition coefficient (Wildman–Crippen LogP) is 4.38. The van der Waals surface area contributed by atoms with Crippen LogP contribution in [0.3, 0.4) is 0 Å². The molecule has 2 aromatic heterocycles. The predicted molar refractivity (Wildman–Crippen MR) is 125 cm³/mol. The number of hydrogen-bond acceptors (Lipinski definition) is 3. The van der Waals surface area contributed by atoms with Crippen LogP contribution in [0.15, 0.2) is 60.8 Å². The van der Waals surface area contributed by atoms with Crippen LogP contribution in [0.4, 0.5) is 0 Å². The largest absolute Gasteiger partial charge is 0.366 e. The molecule has 0 aliphatic heterocycles. The number of fused-ring (bicyclic) bond motifs is 1. The van der Waals surface area contributed by atoms with Gasteiger partial charge in [0, 0.05) is 11.6 Å². The highest BCUT2D eigenvalue weighted by molar-refractivity contribution is 6.10. The van der Waals surface area contributed by atoms with Crippen LogP contribution in [-0.2, 0) is 0 Å². The second-order valence-corrected chi connectivity index (χ2v) is 7.32.